The molecular formula is C65H111NO10. The lowest BCUT2D eigenvalue weighted by Gasteiger charge is -2.41. The number of ether oxygens (including phenoxy) is 3. The predicted octanol–water partition coefficient (Wildman–Crippen LogP) is 14.3. The van der Waals surface area contributed by atoms with Crippen molar-refractivity contribution in [3.05, 3.63) is 97.2 Å². The molecule has 436 valence electrons. The Morgan fingerprint density at radius 2 is 0.987 bits per heavy atom. The van der Waals surface area contributed by atoms with Crippen molar-refractivity contribution in [3.8, 4) is 0 Å². The summed E-state index contributed by atoms with van der Waals surface area (Å²) >= 11 is 0. The van der Waals surface area contributed by atoms with E-state index in [1.54, 1.807) is 6.08 Å². The molecule has 0 aromatic rings. The van der Waals surface area contributed by atoms with Crippen LogP contribution in [0.25, 0.3) is 0 Å². The molecule has 1 rings (SSSR count). The van der Waals surface area contributed by atoms with Crippen molar-refractivity contribution >= 4 is 11.9 Å². The number of carbonyl (C=O) groups is 2. The lowest BCUT2D eigenvalue weighted by atomic mass is 9.99. The van der Waals surface area contributed by atoms with E-state index in [-0.39, 0.29) is 19.4 Å². The highest BCUT2D eigenvalue weighted by Crippen LogP contribution is 2.26. The number of esters is 1. The summed E-state index contributed by atoms with van der Waals surface area (Å²) in [7, 11) is 0. The van der Waals surface area contributed by atoms with Crippen LogP contribution >= 0.6 is 0 Å². The van der Waals surface area contributed by atoms with Gasteiger partial charge in [0.2, 0.25) is 5.91 Å². The molecule has 8 unspecified atom stereocenters. The van der Waals surface area contributed by atoms with E-state index >= 15 is 0 Å². The molecule has 1 heterocycles. The predicted molar refractivity (Wildman–Crippen MR) is 315 cm³/mol. The fourth-order valence-electron chi connectivity index (χ4n) is 8.90. The number of aliphatic hydroxyl groups is 5. The van der Waals surface area contributed by atoms with Gasteiger partial charge in [-0.15, -0.1) is 0 Å². The van der Waals surface area contributed by atoms with E-state index < -0.39 is 67.4 Å². The number of aliphatic hydroxyl groups excluding tert-OH is 5. The number of amides is 1. The van der Waals surface area contributed by atoms with Crippen molar-refractivity contribution in [2.45, 2.75) is 288 Å². The average Bonchev–Trinajstić information content (AvgIpc) is 3.42. The molecule has 1 aliphatic rings. The number of hydrogen-bond donors (Lipinski definition) is 6. The van der Waals surface area contributed by atoms with Gasteiger partial charge in [0.15, 0.2) is 12.4 Å². The van der Waals surface area contributed by atoms with Crippen molar-refractivity contribution < 1.29 is 49.3 Å². The van der Waals surface area contributed by atoms with Gasteiger partial charge in [0.25, 0.3) is 0 Å². The second kappa shape index (κ2) is 52.3. The van der Waals surface area contributed by atoms with E-state index in [0.29, 0.717) is 12.8 Å². The lowest BCUT2D eigenvalue weighted by molar-refractivity contribution is -0.305. The minimum atomic E-state index is -1.63. The zero-order chi connectivity index (χ0) is 55.4. The third-order valence-corrected chi connectivity index (χ3v) is 13.7. The van der Waals surface area contributed by atoms with Crippen LogP contribution in [0.5, 0.6) is 0 Å². The largest absolute Gasteiger partial charge is 0.454 e. The van der Waals surface area contributed by atoms with Gasteiger partial charge in [-0.2, -0.15) is 0 Å². The maximum absolute atomic E-state index is 13.4. The third kappa shape index (κ3) is 39.9. The van der Waals surface area contributed by atoms with Crippen LogP contribution in [-0.4, -0.2) is 99.6 Å². The summed E-state index contributed by atoms with van der Waals surface area (Å²) in [5.74, 6) is -1.23. The van der Waals surface area contributed by atoms with Crippen molar-refractivity contribution in [2.24, 2.45) is 0 Å². The van der Waals surface area contributed by atoms with E-state index in [9.17, 15) is 35.1 Å². The van der Waals surface area contributed by atoms with Gasteiger partial charge >= 0.3 is 5.97 Å². The highest BCUT2D eigenvalue weighted by atomic mass is 16.7. The third-order valence-electron chi connectivity index (χ3n) is 13.7. The van der Waals surface area contributed by atoms with Gasteiger partial charge in [-0.25, -0.2) is 0 Å². The van der Waals surface area contributed by atoms with Gasteiger partial charge in [0.1, 0.15) is 24.4 Å². The minimum Gasteiger partial charge on any atom is -0.454 e. The molecule has 8 atom stereocenters. The first kappa shape index (κ1) is 70.6. The highest BCUT2D eigenvalue weighted by Gasteiger charge is 2.47. The molecule has 0 aromatic carbocycles. The highest BCUT2D eigenvalue weighted by molar-refractivity contribution is 5.80. The SMILES string of the molecule is CC/C=C\C/C=C\C/C=C\C/C=C\C/C=C\CCCCCCC(O)C(=O)NC(COC1OC(CO)C(O)C(O)C1OC(=O)CCCCCCCC/C=C/C=C/CCCCC)C(O)/C=C/CCCCCCCCCCCC. The molecule has 0 aliphatic carbocycles. The summed E-state index contributed by atoms with van der Waals surface area (Å²) in [6.45, 7) is 5.61. The Balaban J connectivity index is 2.72. The molecule has 11 nitrogen and oxygen atoms in total. The van der Waals surface area contributed by atoms with Crippen LogP contribution in [0.1, 0.15) is 239 Å². The standard InChI is InChI=1S/C65H111NO10/c1-4-7-10-13-16-19-22-25-27-28-29-30-31-33-34-37-40-43-46-49-52-58(69)64(73)66-56(57(68)51-48-45-42-39-36-24-21-18-15-12-9-6-3)55-74-65-63(62(72)61(71)59(54-67)75-65)76-60(70)53-50-47-44-41-38-35-32-26-23-20-17-14-11-8-5-2/h7,10,16-17,19-20,23,25-27,29-30,33-34,48,51,56-59,61-63,65,67-69,71-72H,4-6,8-9,11-15,18,21-22,24,28,31-32,35-47,49-50,52-55H2,1-3H3,(H,66,73)/b10-7-,19-16-,20-17+,26-23+,27-25-,30-29-,34-33-,51-48+. The number of nitrogens with one attached hydrogen (secondary N) is 1. The van der Waals surface area contributed by atoms with Gasteiger partial charge < -0.3 is 45.1 Å². The monoisotopic (exact) mass is 1070 g/mol. The number of hydrogen-bond acceptors (Lipinski definition) is 10. The van der Waals surface area contributed by atoms with E-state index in [4.69, 9.17) is 14.2 Å². The first-order chi connectivity index (χ1) is 37.2. The lowest BCUT2D eigenvalue weighted by Crippen LogP contribution is -2.61. The molecule has 6 N–H and O–H groups in total. The Labute approximate surface area is 463 Å². The van der Waals surface area contributed by atoms with Crippen molar-refractivity contribution in [1.82, 2.24) is 5.32 Å². The number of rotatable bonds is 50. The Morgan fingerprint density at radius 3 is 1.53 bits per heavy atom. The van der Waals surface area contributed by atoms with Gasteiger partial charge in [0, 0.05) is 6.42 Å². The molecule has 1 aliphatic heterocycles. The van der Waals surface area contributed by atoms with Crippen LogP contribution in [0.4, 0.5) is 0 Å². The van der Waals surface area contributed by atoms with Crippen LogP contribution in [0.3, 0.4) is 0 Å². The van der Waals surface area contributed by atoms with E-state index in [1.807, 2.05) is 6.08 Å². The summed E-state index contributed by atoms with van der Waals surface area (Å²) in [6, 6.07) is -1.04. The summed E-state index contributed by atoms with van der Waals surface area (Å²) in [5, 5.41) is 56.9. The van der Waals surface area contributed by atoms with Crippen LogP contribution in [0.15, 0.2) is 97.2 Å². The van der Waals surface area contributed by atoms with Crippen molar-refractivity contribution in [2.75, 3.05) is 13.2 Å². The molecule has 0 aromatic heterocycles. The zero-order valence-electron chi connectivity index (χ0n) is 48.1. The number of allylic oxidation sites excluding steroid dienone is 15. The van der Waals surface area contributed by atoms with Crippen molar-refractivity contribution in [3.63, 3.8) is 0 Å². The Bertz CT molecular complexity index is 1600. The maximum Gasteiger partial charge on any atom is 0.306 e. The summed E-state index contributed by atoms with van der Waals surface area (Å²) in [6.07, 6.45) is 58.6. The van der Waals surface area contributed by atoms with E-state index in [0.717, 1.165) is 128 Å². The van der Waals surface area contributed by atoms with E-state index in [1.165, 1.54) is 64.2 Å². The smallest absolute Gasteiger partial charge is 0.306 e. The fourth-order valence-corrected chi connectivity index (χ4v) is 8.90. The molecule has 76 heavy (non-hydrogen) atoms. The molecular weight excluding hydrogens is 955 g/mol. The van der Waals surface area contributed by atoms with Gasteiger partial charge in [-0.3, -0.25) is 9.59 Å². The van der Waals surface area contributed by atoms with Crippen LogP contribution in [0.2, 0.25) is 0 Å². The zero-order valence-corrected chi connectivity index (χ0v) is 48.1. The molecule has 1 saturated heterocycles. The van der Waals surface area contributed by atoms with E-state index in [2.05, 4.69) is 111 Å². The summed E-state index contributed by atoms with van der Waals surface area (Å²) < 4.78 is 17.6. The molecule has 1 fully saturated rings. The first-order valence-corrected chi connectivity index (χ1v) is 30.5. The summed E-state index contributed by atoms with van der Waals surface area (Å²) in [5.41, 5.74) is 0. The van der Waals surface area contributed by atoms with Gasteiger partial charge in [-0.05, 0) is 96.3 Å². The van der Waals surface area contributed by atoms with Gasteiger partial charge in [-0.1, -0.05) is 234 Å². The number of carbonyl (C=O) groups excluding carboxylic acids is 2. The second-order valence-electron chi connectivity index (χ2n) is 20.7. The molecule has 0 radical (unpaired) electrons. The Morgan fingerprint density at radius 1 is 0.539 bits per heavy atom. The van der Waals surface area contributed by atoms with Crippen molar-refractivity contribution in [1.29, 1.82) is 0 Å². The topological polar surface area (TPSA) is 175 Å². The number of unbranched alkanes of at least 4 members (excludes halogenated alkanes) is 23. The Hall–Kier alpha value is -3.42. The fraction of sp³-hybridized carbons (Fsp3) is 0.723. The Kier molecular flexibility index (Phi) is 48.6. The molecule has 11 heteroatoms. The van der Waals surface area contributed by atoms with Crippen LogP contribution in [-0.2, 0) is 23.8 Å². The molecule has 0 spiro atoms. The average molecular weight is 1070 g/mol. The second-order valence-corrected chi connectivity index (χ2v) is 20.7. The van der Waals surface area contributed by atoms with Crippen LogP contribution < -0.4 is 5.32 Å². The quantitative estimate of drug-likeness (QED) is 0.0149. The normalized spacial score (nSPS) is 19.8. The maximum atomic E-state index is 13.4. The molecule has 1 amide bonds. The first-order valence-electron chi connectivity index (χ1n) is 30.5. The summed E-state index contributed by atoms with van der Waals surface area (Å²) in [4.78, 5) is 26.5. The molecule has 0 bridgehead atoms. The molecule has 0 saturated carbocycles. The minimum absolute atomic E-state index is 0.103. The van der Waals surface area contributed by atoms with Gasteiger partial charge in [0.05, 0.1) is 25.4 Å². The van der Waals surface area contributed by atoms with Crippen LogP contribution in [0, 0.1) is 0 Å².